The molecule has 3 nitrogen and oxygen atoms in total. The van der Waals surface area contributed by atoms with Crippen molar-refractivity contribution in [1.29, 1.82) is 0 Å². The SMILES string of the molecule is C#CCC(=O)N(C)C(=O)CC#C. The summed E-state index contributed by atoms with van der Waals surface area (Å²) in [5.41, 5.74) is 0. The van der Waals surface area contributed by atoms with Crippen LogP contribution in [0.4, 0.5) is 0 Å². The summed E-state index contributed by atoms with van der Waals surface area (Å²) in [6, 6.07) is 0. The van der Waals surface area contributed by atoms with Gasteiger partial charge in [-0.3, -0.25) is 14.5 Å². The molecule has 0 N–H and O–H groups in total. The van der Waals surface area contributed by atoms with Gasteiger partial charge < -0.3 is 0 Å². The first-order chi connectivity index (χ1) is 5.63. The van der Waals surface area contributed by atoms with Gasteiger partial charge in [-0.05, 0) is 0 Å². The number of carbonyl (C=O) groups excluding carboxylic acids is 2. The molecule has 0 atom stereocenters. The third-order valence-electron chi connectivity index (χ3n) is 1.25. The van der Waals surface area contributed by atoms with E-state index in [1.807, 2.05) is 0 Å². The molecule has 0 aliphatic carbocycles. The molecule has 0 spiro atoms. The van der Waals surface area contributed by atoms with Crippen LogP contribution in [0.5, 0.6) is 0 Å². The standard InChI is InChI=1S/C9H9NO2/c1-4-6-8(11)10(3)9(12)7-5-2/h1-2H,6-7H2,3H3. The van der Waals surface area contributed by atoms with E-state index in [0.717, 1.165) is 4.90 Å². The molecule has 0 aliphatic rings. The van der Waals surface area contributed by atoms with Crippen LogP contribution in [-0.4, -0.2) is 23.8 Å². The molecule has 0 bridgehead atoms. The first-order valence-corrected chi connectivity index (χ1v) is 3.29. The molecule has 0 aromatic rings. The molecule has 0 heterocycles. The van der Waals surface area contributed by atoms with Gasteiger partial charge in [-0.1, -0.05) is 11.8 Å². The average Bonchev–Trinajstić information content (AvgIpc) is 2.04. The van der Waals surface area contributed by atoms with Crippen molar-refractivity contribution in [2.24, 2.45) is 0 Å². The van der Waals surface area contributed by atoms with Crippen molar-refractivity contribution in [3.63, 3.8) is 0 Å². The van der Waals surface area contributed by atoms with Crippen LogP contribution in [0.3, 0.4) is 0 Å². The van der Waals surface area contributed by atoms with Crippen molar-refractivity contribution in [3.8, 4) is 24.7 Å². The highest BCUT2D eigenvalue weighted by atomic mass is 16.2. The Balaban J connectivity index is 4.13. The molecule has 0 aromatic carbocycles. The van der Waals surface area contributed by atoms with Crippen LogP contribution in [-0.2, 0) is 9.59 Å². The quantitative estimate of drug-likeness (QED) is 0.538. The topological polar surface area (TPSA) is 37.4 Å². The van der Waals surface area contributed by atoms with Crippen molar-refractivity contribution in [3.05, 3.63) is 0 Å². The van der Waals surface area contributed by atoms with Crippen LogP contribution >= 0.6 is 0 Å². The van der Waals surface area contributed by atoms with Crippen molar-refractivity contribution in [2.45, 2.75) is 12.8 Å². The van der Waals surface area contributed by atoms with E-state index in [4.69, 9.17) is 12.8 Å². The lowest BCUT2D eigenvalue weighted by atomic mass is 10.3. The molecule has 0 unspecified atom stereocenters. The Labute approximate surface area is 71.7 Å². The van der Waals surface area contributed by atoms with Crippen molar-refractivity contribution < 1.29 is 9.59 Å². The Morgan fingerprint density at radius 1 is 1.17 bits per heavy atom. The van der Waals surface area contributed by atoms with Gasteiger partial charge in [0.2, 0.25) is 11.8 Å². The summed E-state index contributed by atoms with van der Waals surface area (Å²) < 4.78 is 0. The maximum atomic E-state index is 11.0. The lowest BCUT2D eigenvalue weighted by Gasteiger charge is -2.11. The molecule has 0 fully saturated rings. The van der Waals surface area contributed by atoms with Gasteiger partial charge >= 0.3 is 0 Å². The molecule has 62 valence electrons. The van der Waals surface area contributed by atoms with Crippen molar-refractivity contribution >= 4 is 11.8 Å². The zero-order valence-electron chi connectivity index (χ0n) is 6.83. The van der Waals surface area contributed by atoms with Gasteiger partial charge in [0.1, 0.15) is 0 Å². The minimum Gasteiger partial charge on any atom is -0.284 e. The van der Waals surface area contributed by atoms with Gasteiger partial charge in [0.25, 0.3) is 0 Å². The van der Waals surface area contributed by atoms with E-state index in [1.54, 1.807) is 0 Å². The van der Waals surface area contributed by atoms with E-state index < -0.39 is 11.8 Å². The van der Waals surface area contributed by atoms with Crippen molar-refractivity contribution in [2.75, 3.05) is 7.05 Å². The first-order valence-electron chi connectivity index (χ1n) is 3.29. The number of nitrogens with zero attached hydrogens (tertiary/aromatic N) is 1. The number of carbonyl (C=O) groups is 2. The second kappa shape index (κ2) is 4.98. The summed E-state index contributed by atoms with van der Waals surface area (Å²) in [4.78, 5) is 22.9. The lowest BCUT2D eigenvalue weighted by Crippen LogP contribution is -2.32. The summed E-state index contributed by atoms with van der Waals surface area (Å²) in [5.74, 6) is 3.49. The Morgan fingerprint density at radius 3 is 1.75 bits per heavy atom. The predicted octanol–water partition coefficient (Wildman–Crippen LogP) is 0.0180. The van der Waals surface area contributed by atoms with Gasteiger partial charge in [0, 0.05) is 7.05 Å². The van der Waals surface area contributed by atoms with Crippen molar-refractivity contribution in [1.82, 2.24) is 4.90 Å². The molecule has 3 heteroatoms. The van der Waals surface area contributed by atoms with Crippen LogP contribution in [0.1, 0.15) is 12.8 Å². The maximum absolute atomic E-state index is 11.0. The number of imide groups is 1. The molecule has 2 amide bonds. The minimum atomic E-state index is -0.405. The lowest BCUT2D eigenvalue weighted by molar-refractivity contribution is -0.141. The molecule has 0 saturated carbocycles. The maximum Gasteiger partial charge on any atom is 0.240 e. The van der Waals surface area contributed by atoms with Crippen LogP contribution in [0, 0.1) is 24.7 Å². The largest absolute Gasteiger partial charge is 0.284 e. The monoisotopic (exact) mass is 163 g/mol. The molecular formula is C9H9NO2. The molecule has 0 aromatic heterocycles. The van der Waals surface area contributed by atoms with Crippen LogP contribution in [0.25, 0.3) is 0 Å². The van der Waals surface area contributed by atoms with Crippen LogP contribution in [0.15, 0.2) is 0 Å². The zero-order chi connectivity index (χ0) is 9.56. The summed E-state index contributed by atoms with van der Waals surface area (Å²) in [6.45, 7) is 0. The molecule has 0 saturated heterocycles. The van der Waals surface area contributed by atoms with Gasteiger partial charge in [0.15, 0.2) is 0 Å². The Kier molecular flexibility index (Phi) is 4.26. The Hall–Kier alpha value is -1.74. The smallest absolute Gasteiger partial charge is 0.240 e. The van der Waals surface area contributed by atoms with E-state index in [1.165, 1.54) is 7.05 Å². The second-order valence-corrected chi connectivity index (χ2v) is 2.11. The van der Waals surface area contributed by atoms with E-state index >= 15 is 0 Å². The van der Waals surface area contributed by atoms with E-state index in [9.17, 15) is 9.59 Å². The fourth-order valence-electron chi connectivity index (χ4n) is 0.551. The predicted molar refractivity (Wildman–Crippen MR) is 44.7 cm³/mol. The van der Waals surface area contributed by atoms with Gasteiger partial charge in [-0.25, -0.2) is 0 Å². The Morgan fingerprint density at radius 2 is 1.50 bits per heavy atom. The minimum absolute atomic E-state index is 0.0766. The summed E-state index contributed by atoms with van der Waals surface area (Å²) in [6.07, 6.45) is 9.63. The van der Waals surface area contributed by atoms with Crippen LogP contribution < -0.4 is 0 Å². The highest BCUT2D eigenvalue weighted by Crippen LogP contribution is 1.93. The molecule has 0 rings (SSSR count). The second-order valence-electron chi connectivity index (χ2n) is 2.11. The number of hydrogen-bond acceptors (Lipinski definition) is 2. The molecule has 0 aliphatic heterocycles. The third-order valence-corrected chi connectivity index (χ3v) is 1.25. The molecule has 12 heavy (non-hydrogen) atoms. The zero-order valence-corrected chi connectivity index (χ0v) is 6.83. The first kappa shape index (κ1) is 10.3. The normalized spacial score (nSPS) is 7.92. The highest BCUT2D eigenvalue weighted by molar-refractivity contribution is 5.96. The summed E-state index contributed by atoms with van der Waals surface area (Å²) in [5, 5.41) is 0. The number of rotatable bonds is 2. The van der Waals surface area contributed by atoms with Gasteiger partial charge in [-0.15, -0.1) is 12.8 Å². The number of hydrogen-bond donors (Lipinski definition) is 0. The Bertz CT molecular complexity index is 239. The van der Waals surface area contributed by atoms with Gasteiger partial charge in [-0.2, -0.15) is 0 Å². The number of terminal acetylenes is 2. The van der Waals surface area contributed by atoms with Gasteiger partial charge in [0.05, 0.1) is 12.8 Å². The average molecular weight is 163 g/mol. The number of amides is 2. The highest BCUT2D eigenvalue weighted by Gasteiger charge is 2.13. The summed E-state index contributed by atoms with van der Waals surface area (Å²) in [7, 11) is 1.36. The molecule has 0 radical (unpaired) electrons. The summed E-state index contributed by atoms with van der Waals surface area (Å²) >= 11 is 0. The van der Waals surface area contributed by atoms with E-state index in [2.05, 4.69) is 11.8 Å². The van der Waals surface area contributed by atoms with Crippen LogP contribution in [0.2, 0.25) is 0 Å². The van der Waals surface area contributed by atoms with E-state index in [0.29, 0.717) is 0 Å². The molecular weight excluding hydrogens is 154 g/mol. The third kappa shape index (κ3) is 2.90. The van der Waals surface area contributed by atoms with E-state index in [-0.39, 0.29) is 12.8 Å². The fourth-order valence-corrected chi connectivity index (χ4v) is 0.551. The fraction of sp³-hybridized carbons (Fsp3) is 0.333.